The summed E-state index contributed by atoms with van der Waals surface area (Å²) in [6, 6.07) is 17.8. The van der Waals surface area contributed by atoms with Crippen LogP contribution in [0.2, 0.25) is 0 Å². The van der Waals surface area contributed by atoms with Crippen molar-refractivity contribution in [1.82, 2.24) is 19.6 Å². The maximum atomic E-state index is 13.4. The molecule has 0 spiro atoms. The largest absolute Gasteiger partial charge is 0.416 e. The van der Waals surface area contributed by atoms with E-state index >= 15 is 0 Å². The Morgan fingerprint density at radius 2 is 1.64 bits per heavy atom. The Balaban J connectivity index is 1.25. The molecule has 1 N–H and O–H groups in total. The van der Waals surface area contributed by atoms with Crippen LogP contribution in [0.4, 0.5) is 23.5 Å². The van der Waals surface area contributed by atoms with E-state index in [0.717, 1.165) is 40.6 Å². The Hall–Kier alpha value is -4.36. The van der Waals surface area contributed by atoms with Crippen molar-refractivity contribution in [3.63, 3.8) is 0 Å². The van der Waals surface area contributed by atoms with Gasteiger partial charge in [0.05, 0.1) is 28.4 Å². The third kappa shape index (κ3) is 6.54. The van der Waals surface area contributed by atoms with E-state index in [9.17, 15) is 30.8 Å². The Morgan fingerprint density at radius 1 is 0.933 bits per heavy atom. The third-order valence-electron chi connectivity index (χ3n) is 8.06. The molecular formula is C32H29F4N5O3S. The smallest absolute Gasteiger partial charge is 0.349 e. The molecule has 1 fully saturated rings. The molecule has 45 heavy (non-hydrogen) atoms. The SMILES string of the molecule is O=C(NCc1cc(-c2ccc(C(F)(F)F)cc2)nc(N2CCc3ccccc3C2)n1)[C@@H]1CCCN1S(=O)(=O)c1ccc(F)cc1. The van der Waals surface area contributed by atoms with Gasteiger partial charge in [-0.25, -0.2) is 22.8 Å². The minimum atomic E-state index is -4.48. The van der Waals surface area contributed by atoms with E-state index in [-0.39, 0.29) is 18.0 Å². The zero-order chi connectivity index (χ0) is 31.8. The number of carbonyl (C=O) groups excluding carboxylic acids is 1. The second-order valence-electron chi connectivity index (χ2n) is 11.0. The minimum Gasteiger partial charge on any atom is -0.349 e. The van der Waals surface area contributed by atoms with Crippen LogP contribution in [0, 0.1) is 5.82 Å². The van der Waals surface area contributed by atoms with E-state index in [0.29, 0.717) is 48.8 Å². The summed E-state index contributed by atoms with van der Waals surface area (Å²) in [7, 11) is -4.04. The van der Waals surface area contributed by atoms with E-state index in [4.69, 9.17) is 0 Å². The standard InChI is InChI=1S/C32H29F4N5O3S/c33-25-11-13-27(14-12-25)45(43,44)41-16-3-6-29(41)30(42)37-19-26-18-28(22-7-9-24(10-8-22)32(34,35)36)39-31(38-26)40-17-15-21-4-1-2-5-23(21)20-40/h1-2,4-5,7-14,18,29H,3,6,15-17,19-20H2,(H,37,42)/t29-/m0/s1. The lowest BCUT2D eigenvalue weighted by Crippen LogP contribution is -2.45. The summed E-state index contributed by atoms with van der Waals surface area (Å²) in [6.07, 6.45) is -2.93. The van der Waals surface area contributed by atoms with Crippen molar-refractivity contribution in [3.05, 3.63) is 107 Å². The van der Waals surface area contributed by atoms with Crippen LogP contribution in [-0.4, -0.2) is 47.7 Å². The number of alkyl halides is 3. The van der Waals surface area contributed by atoms with Gasteiger partial charge in [0.15, 0.2) is 0 Å². The molecule has 0 saturated carbocycles. The molecule has 8 nitrogen and oxygen atoms in total. The number of nitrogens with zero attached hydrogens (tertiary/aromatic N) is 4. The number of anilines is 1. The fourth-order valence-corrected chi connectivity index (χ4v) is 7.34. The first-order valence-electron chi connectivity index (χ1n) is 14.4. The molecule has 4 aromatic rings. The summed E-state index contributed by atoms with van der Waals surface area (Å²) in [5, 5.41) is 2.79. The van der Waals surface area contributed by atoms with Gasteiger partial charge in [-0.2, -0.15) is 17.5 Å². The summed E-state index contributed by atoms with van der Waals surface area (Å²) in [5.41, 5.74) is 2.80. The van der Waals surface area contributed by atoms with Crippen molar-refractivity contribution in [3.8, 4) is 11.3 Å². The molecule has 2 aliphatic rings. The van der Waals surface area contributed by atoms with Crippen LogP contribution in [0.1, 0.15) is 35.2 Å². The van der Waals surface area contributed by atoms with E-state index in [1.165, 1.54) is 29.8 Å². The first-order chi connectivity index (χ1) is 21.5. The number of fused-ring (bicyclic) bond motifs is 1. The molecule has 1 atom stereocenters. The van der Waals surface area contributed by atoms with Crippen molar-refractivity contribution in [2.75, 3.05) is 18.0 Å². The maximum Gasteiger partial charge on any atom is 0.416 e. The second kappa shape index (κ2) is 12.2. The van der Waals surface area contributed by atoms with Crippen molar-refractivity contribution in [1.29, 1.82) is 0 Å². The van der Waals surface area contributed by atoms with Gasteiger partial charge in [-0.05, 0) is 72.9 Å². The number of sulfonamides is 1. The molecule has 3 heterocycles. The molecule has 1 saturated heterocycles. The normalized spacial score (nSPS) is 17.2. The van der Waals surface area contributed by atoms with Crippen LogP contribution in [-0.2, 0) is 40.5 Å². The molecule has 3 aromatic carbocycles. The average molecular weight is 640 g/mol. The highest BCUT2D eigenvalue weighted by Crippen LogP contribution is 2.32. The number of hydrogen-bond acceptors (Lipinski definition) is 6. The van der Waals surface area contributed by atoms with E-state index in [2.05, 4.69) is 21.4 Å². The number of benzene rings is 3. The second-order valence-corrected chi connectivity index (χ2v) is 12.9. The molecule has 13 heteroatoms. The van der Waals surface area contributed by atoms with Crippen molar-refractivity contribution < 1.29 is 30.8 Å². The van der Waals surface area contributed by atoms with Gasteiger partial charge in [0.1, 0.15) is 11.9 Å². The fourth-order valence-electron chi connectivity index (χ4n) is 5.69. The lowest BCUT2D eigenvalue weighted by Gasteiger charge is -2.29. The van der Waals surface area contributed by atoms with Crippen molar-refractivity contribution >= 4 is 21.9 Å². The molecule has 0 bridgehead atoms. The van der Waals surface area contributed by atoms with E-state index in [1.807, 2.05) is 23.1 Å². The Kier molecular flexibility index (Phi) is 8.31. The van der Waals surface area contributed by atoms with Crippen molar-refractivity contribution in [2.45, 2.75) is 49.5 Å². The number of nitrogens with one attached hydrogen (secondary N) is 1. The Morgan fingerprint density at radius 3 is 2.36 bits per heavy atom. The zero-order valence-electron chi connectivity index (χ0n) is 24.0. The fraction of sp³-hybridized carbons (Fsp3) is 0.281. The number of halogens is 4. The van der Waals surface area contributed by atoms with Crippen LogP contribution < -0.4 is 10.2 Å². The summed E-state index contributed by atoms with van der Waals surface area (Å²) < 4.78 is 80.7. The number of carbonyl (C=O) groups is 1. The maximum absolute atomic E-state index is 13.4. The first-order valence-corrected chi connectivity index (χ1v) is 15.9. The molecule has 0 unspecified atom stereocenters. The molecule has 1 aromatic heterocycles. The highest BCUT2D eigenvalue weighted by atomic mass is 32.2. The van der Waals surface area contributed by atoms with Gasteiger partial charge in [0.2, 0.25) is 21.9 Å². The monoisotopic (exact) mass is 639 g/mol. The van der Waals surface area contributed by atoms with Gasteiger partial charge >= 0.3 is 6.18 Å². The number of amides is 1. The summed E-state index contributed by atoms with van der Waals surface area (Å²) in [6.45, 7) is 1.24. The molecule has 0 aliphatic carbocycles. The number of hydrogen-bond donors (Lipinski definition) is 1. The summed E-state index contributed by atoms with van der Waals surface area (Å²) in [5.74, 6) is -0.716. The molecule has 0 radical (unpaired) electrons. The van der Waals surface area contributed by atoms with E-state index < -0.39 is 39.5 Å². The molecule has 1 amide bonds. The van der Waals surface area contributed by atoms with Gasteiger partial charge in [-0.3, -0.25) is 4.79 Å². The quantitative estimate of drug-likeness (QED) is 0.275. The highest BCUT2D eigenvalue weighted by Gasteiger charge is 2.39. The van der Waals surface area contributed by atoms with Gasteiger partial charge < -0.3 is 10.2 Å². The Labute approximate surface area is 257 Å². The Bertz CT molecular complexity index is 1820. The highest BCUT2D eigenvalue weighted by molar-refractivity contribution is 7.89. The van der Waals surface area contributed by atoms with Crippen LogP contribution in [0.5, 0.6) is 0 Å². The third-order valence-corrected chi connectivity index (χ3v) is 9.98. The lowest BCUT2D eigenvalue weighted by atomic mass is 10.0. The summed E-state index contributed by atoms with van der Waals surface area (Å²) >= 11 is 0. The van der Waals surface area contributed by atoms with Gasteiger partial charge in [0.25, 0.3) is 0 Å². The van der Waals surface area contributed by atoms with Gasteiger partial charge in [-0.1, -0.05) is 36.4 Å². The minimum absolute atomic E-state index is 0.0622. The van der Waals surface area contributed by atoms with Crippen molar-refractivity contribution in [2.24, 2.45) is 0 Å². The molecule has 2 aliphatic heterocycles. The zero-order valence-corrected chi connectivity index (χ0v) is 24.8. The average Bonchev–Trinajstić information content (AvgIpc) is 3.55. The topological polar surface area (TPSA) is 95.5 Å². The predicted molar refractivity (Wildman–Crippen MR) is 159 cm³/mol. The van der Waals surface area contributed by atoms with Crippen LogP contribution in [0.25, 0.3) is 11.3 Å². The summed E-state index contributed by atoms with van der Waals surface area (Å²) in [4.78, 5) is 24.6. The van der Waals surface area contributed by atoms with Gasteiger partial charge in [0, 0.05) is 25.2 Å². The van der Waals surface area contributed by atoms with Gasteiger partial charge in [-0.15, -0.1) is 0 Å². The number of aromatic nitrogens is 2. The molecular weight excluding hydrogens is 610 g/mol. The van der Waals surface area contributed by atoms with Crippen LogP contribution in [0.3, 0.4) is 0 Å². The van der Waals surface area contributed by atoms with Crippen LogP contribution >= 0.6 is 0 Å². The predicted octanol–water partition coefficient (Wildman–Crippen LogP) is 5.33. The molecule has 6 rings (SSSR count). The van der Waals surface area contributed by atoms with E-state index in [1.54, 1.807) is 6.07 Å². The first kappa shape index (κ1) is 30.7. The molecule has 234 valence electrons. The lowest BCUT2D eigenvalue weighted by molar-refractivity contribution is -0.137. The van der Waals surface area contributed by atoms with Crippen LogP contribution in [0.15, 0.2) is 83.8 Å². The number of rotatable bonds is 7.